The molecule has 0 atom stereocenters. The number of hydrogen-bond acceptors (Lipinski definition) is 4. The van der Waals surface area contributed by atoms with Crippen molar-refractivity contribution in [3.05, 3.63) is 52.3 Å². The predicted octanol–water partition coefficient (Wildman–Crippen LogP) is 1.48. The highest BCUT2D eigenvalue weighted by Gasteiger charge is 2.19. The monoisotopic (exact) mass is 260 g/mol. The number of nitro benzene ring substituents is 1. The molecular formula is C12H12N4O3. The molecule has 1 amide bonds. The highest BCUT2D eigenvalue weighted by molar-refractivity contribution is 5.95. The Morgan fingerprint density at radius 3 is 2.68 bits per heavy atom. The Balaban J connectivity index is 2.54. The van der Waals surface area contributed by atoms with Gasteiger partial charge in [0.15, 0.2) is 0 Å². The van der Waals surface area contributed by atoms with Crippen LogP contribution in [-0.2, 0) is 0 Å². The van der Waals surface area contributed by atoms with Gasteiger partial charge in [-0.3, -0.25) is 14.9 Å². The smallest absolute Gasteiger partial charge is 0.295 e. The fraction of sp³-hybridized carbons (Fsp3) is 0.167. The SMILES string of the molecule is CN(C)C(=O)c1ccc(-n2cccn2)c([N+](=O)[O-])c1. The molecule has 0 fully saturated rings. The average Bonchev–Trinajstić information content (AvgIpc) is 2.90. The standard InChI is InChI=1S/C12H12N4O3/c1-14(2)12(17)9-4-5-10(11(8-9)16(18)19)15-7-3-6-13-15/h3-8H,1-2H3. The zero-order valence-corrected chi connectivity index (χ0v) is 10.5. The Kier molecular flexibility index (Phi) is 3.28. The average molecular weight is 260 g/mol. The maximum absolute atomic E-state index is 11.8. The van der Waals surface area contributed by atoms with E-state index >= 15 is 0 Å². The van der Waals surface area contributed by atoms with Crippen LogP contribution in [0.4, 0.5) is 5.69 Å². The van der Waals surface area contributed by atoms with Crippen molar-refractivity contribution in [3.63, 3.8) is 0 Å². The minimum absolute atomic E-state index is 0.156. The van der Waals surface area contributed by atoms with E-state index in [1.165, 1.54) is 27.9 Å². The van der Waals surface area contributed by atoms with Crippen molar-refractivity contribution in [1.29, 1.82) is 0 Å². The number of hydrogen-bond donors (Lipinski definition) is 0. The first-order valence-electron chi connectivity index (χ1n) is 5.51. The molecule has 2 aromatic rings. The lowest BCUT2D eigenvalue weighted by atomic mass is 10.1. The normalized spacial score (nSPS) is 10.2. The Bertz CT molecular complexity index is 620. The molecule has 7 nitrogen and oxygen atoms in total. The van der Waals surface area contributed by atoms with Crippen molar-refractivity contribution in [3.8, 4) is 5.69 Å². The van der Waals surface area contributed by atoms with Crippen LogP contribution in [-0.4, -0.2) is 39.6 Å². The molecule has 1 aromatic heterocycles. The van der Waals surface area contributed by atoms with Crippen molar-refractivity contribution in [2.75, 3.05) is 14.1 Å². The molecule has 0 aliphatic heterocycles. The number of amides is 1. The molecule has 0 aliphatic carbocycles. The molecule has 0 bridgehead atoms. The van der Waals surface area contributed by atoms with Crippen LogP contribution in [0.3, 0.4) is 0 Å². The third-order valence-corrected chi connectivity index (χ3v) is 2.58. The van der Waals surface area contributed by atoms with Crippen LogP contribution >= 0.6 is 0 Å². The van der Waals surface area contributed by atoms with Crippen LogP contribution in [0.2, 0.25) is 0 Å². The second kappa shape index (κ2) is 4.89. The molecule has 0 aliphatic rings. The summed E-state index contributed by atoms with van der Waals surface area (Å²) in [5, 5.41) is 15.1. The second-order valence-corrected chi connectivity index (χ2v) is 4.11. The van der Waals surface area contributed by atoms with Gasteiger partial charge < -0.3 is 4.90 Å². The lowest BCUT2D eigenvalue weighted by molar-refractivity contribution is -0.384. The summed E-state index contributed by atoms with van der Waals surface area (Å²) >= 11 is 0. The lowest BCUT2D eigenvalue weighted by Gasteiger charge is -2.11. The molecule has 0 unspecified atom stereocenters. The van der Waals surface area contributed by atoms with E-state index in [2.05, 4.69) is 5.10 Å². The van der Waals surface area contributed by atoms with Crippen LogP contribution in [0.25, 0.3) is 5.69 Å². The Hall–Kier alpha value is -2.70. The number of carbonyl (C=O) groups is 1. The van der Waals surface area contributed by atoms with Crippen molar-refractivity contribution in [1.82, 2.24) is 14.7 Å². The minimum atomic E-state index is -0.524. The van der Waals surface area contributed by atoms with Crippen LogP contribution in [0, 0.1) is 10.1 Å². The molecular weight excluding hydrogens is 248 g/mol. The number of benzene rings is 1. The molecule has 0 spiro atoms. The number of carbonyl (C=O) groups excluding carboxylic acids is 1. The number of nitro groups is 1. The van der Waals surface area contributed by atoms with Gasteiger partial charge in [-0.05, 0) is 18.2 Å². The van der Waals surface area contributed by atoms with Gasteiger partial charge in [0.1, 0.15) is 5.69 Å². The van der Waals surface area contributed by atoms with Gasteiger partial charge in [0, 0.05) is 38.1 Å². The number of nitrogens with zero attached hydrogens (tertiary/aromatic N) is 4. The van der Waals surface area contributed by atoms with E-state index in [1.807, 2.05) is 0 Å². The molecule has 0 saturated carbocycles. The first kappa shape index (κ1) is 12.7. The summed E-state index contributed by atoms with van der Waals surface area (Å²) in [4.78, 5) is 23.7. The van der Waals surface area contributed by atoms with Gasteiger partial charge in [0.25, 0.3) is 11.6 Å². The third kappa shape index (κ3) is 2.44. The van der Waals surface area contributed by atoms with Crippen molar-refractivity contribution >= 4 is 11.6 Å². The molecule has 0 N–H and O–H groups in total. The summed E-state index contributed by atoms with van der Waals surface area (Å²) in [5.74, 6) is -0.282. The zero-order chi connectivity index (χ0) is 14.0. The van der Waals surface area contributed by atoms with Crippen molar-refractivity contribution in [2.24, 2.45) is 0 Å². The van der Waals surface area contributed by atoms with Crippen LogP contribution in [0.1, 0.15) is 10.4 Å². The van der Waals surface area contributed by atoms with Crippen LogP contribution in [0.15, 0.2) is 36.7 Å². The first-order chi connectivity index (χ1) is 9.00. The van der Waals surface area contributed by atoms with Crippen LogP contribution in [0.5, 0.6) is 0 Å². The summed E-state index contributed by atoms with van der Waals surface area (Å²) in [5.41, 5.74) is 0.439. The van der Waals surface area contributed by atoms with Crippen molar-refractivity contribution < 1.29 is 9.72 Å². The summed E-state index contributed by atoms with van der Waals surface area (Å²) in [6.07, 6.45) is 3.14. The maximum Gasteiger partial charge on any atom is 0.295 e. The van der Waals surface area contributed by atoms with Gasteiger partial charge in [0.2, 0.25) is 0 Å². The number of rotatable bonds is 3. The summed E-state index contributed by atoms with van der Waals surface area (Å²) < 4.78 is 1.39. The molecule has 2 rings (SSSR count). The molecule has 0 radical (unpaired) electrons. The van der Waals surface area contributed by atoms with Gasteiger partial charge in [-0.25, -0.2) is 4.68 Å². The molecule has 1 heterocycles. The predicted molar refractivity (Wildman–Crippen MR) is 68.2 cm³/mol. The Labute approximate surface area is 109 Å². The maximum atomic E-state index is 11.8. The highest BCUT2D eigenvalue weighted by Crippen LogP contribution is 2.24. The van der Waals surface area contributed by atoms with E-state index in [-0.39, 0.29) is 17.2 Å². The minimum Gasteiger partial charge on any atom is -0.345 e. The van der Waals surface area contributed by atoms with Gasteiger partial charge in [0.05, 0.1) is 4.92 Å². The van der Waals surface area contributed by atoms with E-state index in [9.17, 15) is 14.9 Å². The topological polar surface area (TPSA) is 81.3 Å². The van der Waals surface area contributed by atoms with Crippen molar-refractivity contribution in [2.45, 2.75) is 0 Å². The Morgan fingerprint density at radius 1 is 1.42 bits per heavy atom. The van der Waals surface area contributed by atoms with Gasteiger partial charge >= 0.3 is 0 Å². The molecule has 0 saturated heterocycles. The van der Waals surface area contributed by atoms with E-state index in [0.29, 0.717) is 5.69 Å². The van der Waals surface area contributed by atoms with Crippen LogP contribution < -0.4 is 0 Å². The Morgan fingerprint density at radius 2 is 2.16 bits per heavy atom. The molecule has 1 aromatic carbocycles. The third-order valence-electron chi connectivity index (χ3n) is 2.58. The summed E-state index contributed by atoms with van der Waals surface area (Å²) in [6.45, 7) is 0. The van der Waals surface area contributed by atoms with E-state index in [1.54, 1.807) is 32.4 Å². The van der Waals surface area contributed by atoms with Gasteiger partial charge in [-0.1, -0.05) is 0 Å². The fourth-order valence-electron chi connectivity index (χ4n) is 1.67. The van der Waals surface area contributed by atoms with Gasteiger partial charge in [-0.15, -0.1) is 0 Å². The first-order valence-corrected chi connectivity index (χ1v) is 5.51. The summed E-state index contributed by atoms with van der Waals surface area (Å²) in [7, 11) is 3.19. The van der Waals surface area contributed by atoms with E-state index in [4.69, 9.17) is 0 Å². The molecule has 7 heteroatoms. The molecule has 98 valence electrons. The highest BCUT2D eigenvalue weighted by atomic mass is 16.6. The summed E-state index contributed by atoms with van der Waals surface area (Å²) in [6, 6.07) is 6.00. The lowest BCUT2D eigenvalue weighted by Crippen LogP contribution is -2.21. The largest absolute Gasteiger partial charge is 0.345 e. The number of aromatic nitrogens is 2. The zero-order valence-electron chi connectivity index (χ0n) is 10.5. The van der Waals surface area contributed by atoms with E-state index < -0.39 is 4.92 Å². The second-order valence-electron chi connectivity index (χ2n) is 4.11. The quantitative estimate of drug-likeness (QED) is 0.618. The van der Waals surface area contributed by atoms with E-state index in [0.717, 1.165) is 0 Å². The fourth-order valence-corrected chi connectivity index (χ4v) is 1.67. The molecule has 19 heavy (non-hydrogen) atoms. The van der Waals surface area contributed by atoms with Gasteiger partial charge in [-0.2, -0.15) is 5.10 Å².